The fourth-order valence-electron chi connectivity index (χ4n) is 2.52. The van der Waals surface area contributed by atoms with Crippen molar-refractivity contribution in [3.05, 3.63) is 0 Å². The zero-order valence-electron chi connectivity index (χ0n) is 11.1. The minimum absolute atomic E-state index is 0.194. The largest absolute Gasteiger partial charge is 0.326 e. The van der Waals surface area contributed by atoms with Gasteiger partial charge in [-0.3, -0.25) is 0 Å². The third-order valence-corrected chi connectivity index (χ3v) is 4.59. The highest BCUT2D eigenvalue weighted by atomic mass is 32.2. The number of nitrogens with zero attached hydrogens (tertiary/aromatic N) is 1. The number of hydrogen-bond donors (Lipinski definition) is 1. The van der Waals surface area contributed by atoms with Gasteiger partial charge in [0.05, 0.1) is 5.75 Å². The molecule has 1 saturated carbocycles. The molecule has 4 nitrogen and oxygen atoms in total. The summed E-state index contributed by atoms with van der Waals surface area (Å²) < 4.78 is 22.3. The number of rotatable bonds is 4. The molecule has 1 aliphatic carbocycles. The van der Waals surface area contributed by atoms with Gasteiger partial charge in [0.15, 0.2) is 0 Å². The van der Waals surface area contributed by atoms with Crippen LogP contribution in [0.5, 0.6) is 0 Å². The Morgan fingerprint density at radius 3 is 2.35 bits per heavy atom. The Morgan fingerprint density at radius 1 is 1.18 bits per heavy atom. The molecular formula is C12H26N2O2S. The first-order valence-electron chi connectivity index (χ1n) is 6.54. The lowest BCUT2D eigenvalue weighted by atomic mass is 9.92. The molecule has 102 valence electrons. The summed E-state index contributed by atoms with van der Waals surface area (Å²) in [6, 6.07) is 0.539. The van der Waals surface area contributed by atoms with E-state index in [1.807, 2.05) is 7.05 Å². The van der Waals surface area contributed by atoms with E-state index >= 15 is 0 Å². The third kappa shape index (κ3) is 5.84. The number of sulfone groups is 1. The van der Waals surface area contributed by atoms with Gasteiger partial charge in [-0.2, -0.15) is 0 Å². The first-order chi connectivity index (χ1) is 7.90. The Labute approximate surface area is 105 Å². The number of likely N-dealkylation sites (N-methyl/N-ethyl adjacent to an activating group) is 1. The Balaban J connectivity index is 2.49. The summed E-state index contributed by atoms with van der Waals surface area (Å²) in [6.07, 6.45) is 8.43. The van der Waals surface area contributed by atoms with Crippen molar-refractivity contribution < 1.29 is 8.42 Å². The van der Waals surface area contributed by atoms with Crippen molar-refractivity contribution >= 4 is 9.84 Å². The van der Waals surface area contributed by atoms with Gasteiger partial charge in [0.25, 0.3) is 0 Å². The van der Waals surface area contributed by atoms with Gasteiger partial charge in [0.2, 0.25) is 0 Å². The fraction of sp³-hybridized carbons (Fsp3) is 1.00. The lowest BCUT2D eigenvalue weighted by Gasteiger charge is -2.34. The topological polar surface area (TPSA) is 63.4 Å². The Morgan fingerprint density at radius 2 is 1.76 bits per heavy atom. The van der Waals surface area contributed by atoms with Gasteiger partial charge in [-0.1, -0.05) is 25.7 Å². The molecule has 2 N–H and O–H groups in total. The minimum atomic E-state index is -2.87. The van der Waals surface area contributed by atoms with Crippen LogP contribution in [0.3, 0.4) is 0 Å². The van der Waals surface area contributed by atoms with Crippen LogP contribution in [0.4, 0.5) is 0 Å². The monoisotopic (exact) mass is 262 g/mol. The highest BCUT2D eigenvalue weighted by Crippen LogP contribution is 2.20. The van der Waals surface area contributed by atoms with Gasteiger partial charge in [-0.05, 0) is 19.9 Å². The summed E-state index contributed by atoms with van der Waals surface area (Å²) >= 11 is 0. The predicted octanol–water partition coefficient (Wildman–Crippen LogP) is 1.01. The Hall–Kier alpha value is -0.130. The molecule has 1 fully saturated rings. The number of nitrogens with two attached hydrogens (primary N) is 1. The van der Waals surface area contributed by atoms with Crippen LogP contribution in [0.25, 0.3) is 0 Å². The standard InChI is InChI=1S/C12H26N2O2S/c1-14(9-10-17(2,15)16)12-8-6-4-3-5-7-11(12)13/h11-12H,3-10,13H2,1-2H3. The first-order valence-corrected chi connectivity index (χ1v) is 8.60. The average molecular weight is 262 g/mol. The van der Waals surface area contributed by atoms with Gasteiger partial charge in [-0.25, -0.2) is 8.42 Å². The lowest BCUT2D eigenvalue weighted by molar-refractivity contribution is 0.190. The molecule has 0 radical (unpaired) electrons. The average Bonchev–Trinajstić information content (AvgIpc) is 2.20. The second-order valence-electron chi connectivity index (χ2n) is 5.33. The predicted molar refractivity (Wildman–Crippen MR) is 71.8 cm³/mol. The maximum absolute atomic E-state index is 11.2. The molecule has 17 heavy (non-hydrogen) atoms. The fourth-order valence-corrected chi connectivity index (χ4v) is 3.14. The Kier molecular flexibility index (Phi) is 5.89. The Bertz CT molecular complexity index is 316. The van der Waals surface area contributed by atoms with Crippen LogP contribution in [0.1, 0.15) is 38.5 Å². The summed E-state index contributed by atoms with van der Waals surface area (Å²) in [4.78, 5) is 2.14. The maximum Gasteiger partial charge on any atom is 0.148 e. The molecule has 0 amide bonds. The van der Waals surface area contributed by atoms with E-state index in [9.17, 15) is 8.42 Å². The van der Waals surface area contributed by atoms with Crippen LogP contribution >= 0.6 is 0 Å². The second-order valence-corrected chi connectivity index (χ2v) is 7.59. The number of hydrogen-bond acceptors (Lipinski definition) is 4. The van der Waals surface area contributed by atoms with Gasteiger partial charge in [0, 0.05) is 24.9 Å². The highest BCUT2D eigenvalue weighted by molar-refractivity contribution is 7.90. The molecule has 0 aromatic carbocycles. The van der Waals surface area contributed by atoms with E-state index in [1.54, 1.807) is 0 Å². The normalized spacial score (nSPS) is 27.8. The van der Waals surface area contributed by atoms with E-state index in [0.717, 1.165) is 12.8 Å². The van der Waals surface area contributed by atoms with Gasteiger partial charge >= 0.3 is 0 Å². The van der Waals surface area contributed by atoms with Crippen molar-refractivity contribution in [2.75, 3.05) is 25.6 Å². The zero-order valence-corrected chi connectivity index (χ0v) is 11.9. The molecule has 0 saturated heterocycles. The molecule has 0 aromatic rings. The van der Waals surface area contributed by atoms with Crippen LogP contribution < -0.4 is 5.73 Å². The molecule has 2 unspecified atom stereocenters. The summed E-state index contributed by atoms with van der Waals surface area (Å²) in [6.45, 7) is 0.594. The van der Waals surface area contributed by atoms with Crippen molar-refractivity contribution in [3.63, 3.8) is 0 Å². The van der Waals surface area contributed by atoms with Crippen molar-refractivity contribution in [1.29, 1.82) is 0 Å². The zero-order chi connectivity index (χ0) is 12.9. The summed E-state index contributed by atoms with van der Waals surface area (Å²) in [7, 11) is -0.877. The molecule has 0 spiro atoms. The summed E-state index contributed by atoms with van der Waals surface area (Å²) in [5.74, 6) is 0.229. The quantitative estimate of drug-likeness (QED) is 0.821. The van der Waals surface area contributed by atoms with E-state index in [-0.39, 0.29) is 11.8 Å². The second kappa shape index (κ2) is 6.71. The third-order valence-electron chi connectivity index (χ3n) is 3.66. The molecule has 2 atom stereocenters. The maximum atomic E-state index is 11.2. The minimum Gasteiger partial charge on any atom is -0.326 e. The van der Waals surface area contributed by atoms with E-state index < -0.39 is 9.84 Å². The molecule has 0 aliphatic heterocycles. The van der Waals surface area contributed by atoms with Crippen molar-refractivity contribution in [2.45, 2.75) is 50.6 Å². The van der Waals surface area contributed by atoms with Crippen LogP contribution in [0, 0.1) is 0 Å². The van der Waals surface area contributed by atoms with E-state index in [4.69, 9.17) is 5.73 Å². The first kappa shape index (κ1) is 14.9. The molecule has 0 aromatic heterocycles. The van der Waals surface area contributed by atoms with E-state index in [2.05, 4.69) is 4.90 Å². The summed E-state index contributed by atoms with van der Waals surface area (Å²) in [5.41, 5.74) is 6.20. The van der Waals surface area contributed by atoms with Crippen molar-refractivity contribution in [3.8, 4) is 0 Å². The van der Waals surface area contributed by atoms with Crippen LogP contribution in [0.15, 0.2) is 0 Å². The highest BCUT2D eigenvalue weighted by Gasteiger charge is 2.23. The van der Waals surface area contributed by atoms with E-state index in [1.165, 1.54) is 31.9 Å². The smallest absolute Gasteiger partial charge is 0.148 e. The van der Waals surface area contributed by atoms with Gasteiger partial charge < -0.3 is 10.6 Å². The van der Waals surface area contributed by atoms with Crippen LogP contribution in [0.2, 0.25) is 0 Å². The molecule has 5 heteroatoms. The van der Waals surface area contributed by atoms with Crippen LogP contribution in [-0.2, 0) is 9.84 Å². The van der Waals surface area contributed by atoms with Gasteiger partial charge in [-0.15, -0.1) is 0 Å². The molecule has 0 heterocycles. The molecule has 1 aliphatic rings. The molecule has 1 rings (SSSR count). The van der Waals surface area contributed by atoms with Crippen molar-refractivity contribution in [2.24, 2.45) is 5.73 Å². The summed E-state index contributed by atoms with van der Waals surface area (Å²) in [5, 5.41) is 0. The molecular weight excluding hydrogens is 236 g/mol. The van der Waals surface area contributed by atoms with E-state index in [0.29, 0.717) is 12.6 Å². The van der Waals surface area contributed by atoms with Gasteiger partial charge in [0.1, 0.15) is 9.84 Å². The lowest BCUT2D eigenvalue weighted by Crippen LogP contribution is -2.47. The SMILES string of the molecule is CN(CCS(C)(=O)=O)C1CCCCCCC1N. The van der Waals surface area contributed by atoms with Crippen molar-refractivity contribution in [1.82, 2.24) is 4.90 Å². The van der Waals surface area contributed by atoms with Crippen LogP contribution in [-0.4, -0.2) is 51.0 Å². The molecule has 0 bridgehead atoms.